The van der Waals surface area contributed by atoms with Gasteiger partial charge in [0.15, 0.2) is 0 Å². The highest BCUT2D eigenvalue weighted by Gasteiger charge is 2.16. The second-order valence-corrected chi connectivity index (χ2v) is 5.97. The molecule has 122 valence electrons. The van der Waals surface area contributed by atoms with Crippen molar-refractivity contribution >= 4 is 5.97 Å². The predicted octanol–water partition coefficient (Wildman–Crippen LogP) is 3.52. The molecule has 0 bridgehead atoms. The molecule has 2 N–H and O–H groups in total. The second kappa shape index (κ2) is 8.44. The monoisotopic (exact) mass is 312 g/mol. The first-order chi connectivity index (χ1) is 11.0. The van der Waals surface area contributed by atoms with E-state index in [0.29, 0.717) is 6.42 Å². The molecule has 0 aliphatic carbocycles. The molecule has 4 nitrogen and oxygen atoms in total. The van der Waals surface area contributed by atoms with Gasteiger partial charge in [0.2, 0.25) is 0 Å². The topological polar surface area (TPSA) is 62.2 Å². The third-order valence-electron chi connectivity index (χ3n) is 3.90. The normalized spacial score (nSPS) is 13.5. The summed E-state index contributed by atoms with van der Waals surface area (Å²) in [7, 11) is 0. The highest BCUT2D eigenvalue weighted by Crippen LogP contribution is 2.15. The van der Waals surface area contributed by atoms with Crippen LogP contribution in [0, 0.1) is 6.92 Å². The Labute approximate surface area is 137 Å². The predicted molar refractivity (Wildman–Crippen MR) is 91.3 cm³/mol. The van der Waals surface area contributed by atoms with Crippen LogP contribution in [0.3, 0.4) is 0 Å². The largest absolute Gasteiger partial charge is 0.481 e. The Bertz CT molecular complexity index is 628. The molecular formula is C19H24N2O2. The number of carbonyl (C=O) groups is 1. The van der Waals surface area contributed by atoms with E-state index in [1.807, 2.05) is 37.4 Å². The summed E-state index contributed by atoms with van der Waals surface area (Å²) < 4.78 is 0. The lowest BCUT2D eigenvalue weighted by molar-refractivity contribution is -0.137. The fraction of sp³-hybridized carbons (Fsp3) is 0.368. The van der Waals surface area contributed by atoms with Gasteiger partial charge in [0.1, 0.15) is 0 Å². The average Bonchev–Trinajstić information content (AvgIpc) is 2.53. The molecule has 1 aromatic heterocycles. The second-order valence-electron chi connectivity index (χ2n) is 5.97. The Morgan fingerprint density at radius 2 is 2.00 bits per heavy atom. The lowest BCUT2D eigenvalue weighted by atomic mass is 10.00. The zero-order chi connectivity index (χ0) is 16.7. The average molecular weight is 312 g/mol. The first-order valence-corrected chi connectivity index (χ1v) is 7.99. The number of aliphatic carboxylic acids is 1. The SMILES string of the molecule is Cc1ccnc(C(C)NC(CCC(=O)O)Cc2ccccc2)c1. The van der Waals surface area contributed by atoms with E-state index in [9.17, 15) is 4.79 Å². The van der Waals surface area contributed by atoms with Gasteiger partial charge in [0.05, 0.1) is 5.69 Å². The van der Waals surface area contributed by atoms with Crippen molar-refractivity contribution in [2.45, 2.75) is 45.2 Å². The minimum absolute atomic E-state index is 0.0809. The molecule has 2 unspecified atom stereocenters. The summed E-state index contributed by atoms with van der Waals surface area (Å²) in [4.78, 5) is 15.3. The number of aryl methyl sites for hydroxylation is 1. The van der Waals surface area contributed by atoms with Crippen LogP contribution >= 0.6 is 0 Å². The van der Waals surface area contributed by atoms with Crippen LogP contribution in [0.25, 0.3) is 0 Å². The lowest BCUT2D eigenvalue weighted by Gasteiger charge is -2.23. The standard InChI is InChI=1S/C19H24N2O2/c1-14-10-11-20-18(12-14)15(2)21-17(8-9-19(22)23)13-16-6-4-3-5-7-16/h3-7,10-12,15,17,21H,8-9,13H2,1-2H3,(H,22,23). The zero-order valence-corrected chi connectivity index (χ0v) is 13.7. The lowest BCUT2D eigenvalue weighted by Crippen LogP contribution is -2.34. The van der Waals surface area contributed by atoms with E-state index in [0.717, 1.165) is 12.1 Å². The first-order valence-electron chi connectivity index (χ1n) is 7.99. The van der Waals surface area contributed by atoms with Crippen molar-refractivity contribution in [3.63, 3.8) is 0 Å². The van der Waals surface area contributed by atoms with E-state index in [2.05, 4.69) is 35.4 Å². The Kier molecular flexibility index (Phi) is 6.29. The van der Waals surface area contributed by atoms with Crippen molar-refractivity contribution < 1.29 is 9.90 Å². The van der Waals surface area contributed by atoms with Crippen molar-refractivity contribution in [3.05, 3.63) is 65.5 Å². The van der Waals surface area contributed by atoms with Crippen LogP contribution in [-0.4, -0.2) is 22.1 Å². The molecule has 1 aromatic carbocycles. The third-order valence-corrected chi connectivity index (χ3v) is 3.90. The molecule has 0 aliphatic rings. The molecule has 0 saturated carbocycles. The van der Waals surface area contributed by atoms with Gasteiger partial charge < -0.3 is 10.4 Å². The number of carboxylic acid groups (broad SMARTS) is 1. The number of hydrogen-bond acceptors (Lipinski definition) is 3. The van der Waals surface area contributed by atoms with E-state index in [1.54, 1.807) is 0 Å². The van der Waals surface area contributed by atoms with Crippen LogP contribution in [0.1, 0.15) is 42.6 Å². The van der Waals surface area contributed by atoms with E-state index < -0.39 is 5.97 Å². The number of benzene rings is 1. The van der Waals surface area contributed by atoms with Crippen molar-refractivity contribution in [1.82, 2.24) is 10.3 Å². The summed E-state index contributed by atoms with van der Waals surface area (Å²) in [5.41, 5.74) is 3.37. The number of carboxylic acids is 1. The van der Waals surface area contributed by atoms with Gasteiger partial charge >= 0.3 is 5.97 Å². The summed E-state index contributed by atoms with van der Waals surface area (Å²) in [6.07, 6.45) is 3.38. The van der Waals surface area contributed by atoms with Gasteiger partial charge in [-0.2, -0.15) is 0 Å². The van der Waals surface area contributed by atoms with Crippen LogP contribution in [0.15, 0.2) is 48.7 Å². The van der Waals surface area contributed by atoms with Crippen LogP contribution in [0.2, 0.25) is 0 Å². The van der Waals surface area contributed by atoms with Crippen LogP contribution in [0.5, 0.6) is 0 Å². The minimum atomic E-state index is -0.758. The number of aromatic nitrogens is 1. The fourth-order valence-electron chi connectivity index (χ4n) is 2.68. The molecule has 23 heavy (non-hydrogen) atoms. The molecule has 0 aliphatic heterocycles. The molecule has 1 heterocycles. The number of pyridine rings is 1. The smallest absolute Gasteiger partial charge is 0.303 e. The van der Waals surface area contributed by atoms with Crippen LogP contribution < -0.4 is 5.32 Å². The van der Waals surface area contributed by atoms with Gasteiger partial charge in [-0.3, -0.25) is 9.78 Å². The van der Waals surface area contributed by atoms with E-state index in [4.69, 9.17) is 5.11 Å². The zero-order valence-electron chi connectivity index (χ0n) is 13.7. The quantitative estimate of drug-likeness (QED) is 0.783. The number of nitrogens with zero attached hydrogens (tertiary/aromatic N) is 1. The highest BCUT2D eigenvalue weighted by molar-refractivity contribution is 5.66. The molecule has 2 aromatic rings. The molecule has 0 amide bonds. The van der Waals surface area contributed by atoms with Gasteiger partial charge in [-0.15, -0.1) is 0 Å². The molecule has 2 atom stereocenters. The maximum Gasteiger partial charge on any atom is 0.303 e. The Morgan fingerprint density at radius 3 is 2.65 bits per heavy atom. The van der Waals surface area contributed by atoms with Gasteiger partial charge in [-0.05, 0) is 49.9 Å². The maximum absolute atomic E-state index is 10.9. The van der Waals surface area contributed by atoms with E-state index >= 15 is 0 Å². The Balaban J connectivity index is 2.05. The molecule has 0 spiro atoms. The molecule has 0 saturated heterocycles. The molecule has 2 rings (SSSR count). The van der Waals surface area contributed by atoms with Gasteiger partial charge in [-0.1, -0.05) is 30.3 Å². The van der Waals surface area contributed by atoms with E-state index in [-0.39, 0.29) is 18.5 Å². The Hall–Kier alpha value is -2.20. The Morgan fingerprint density at radius 1 is 1.26 bits per heavy atom. The van der Waals surface area contributed by atoms with Crippen LogP contribution in [0.4, 0.5) is 0 Å². The number of rotatable bonds is 8. The van der Waals surface area contributed by atoms with Crippen molar-refractivity contribution in [1.29, 1.82) is 0 Å². The highest BCUT2D eigenvalue weighted by atomic mass is 16.4. The summed E-state index contributed by atoms with van der Waals surface area (Å²) in [5.74, 6) is -0.758. The maximum atomic E-state index is 10.9. The minimum Gasteiger partial charge on any atom is -0.481 e. The fourth-order valence-corrected chi connectivity index (χ4v) is 2.68. The summed E-state index contributed by atoms with van der Waals surface area (Å²) in [5, 5.41) is 12.5. The van der Waals surface area contributed by atoms with Gasteiger partial charge in [0, 0.05) is 24.7 Å². The summed E-state index contributed by atoms with van der Waals surface area (Å²) >= 11 is 0. The van der Waals surface area contributed by atoms with Crippen molar-refractivity contribution in [2.24, 2.45) is 0 Å². The molecule has 0 radical (unpaired) electrons. The van der Waals surface area contributed by atoms with Crippen LogP contribution in [-0.2, 0) is 11.2 Å². The van der Waals surface area contributed by atoms with Gasteiger partial charge in [0.25, 0.3) is 0 Å². The molecular weight excluding hydrogens is 288 g/mol. The van der Waals surface area contributed by atoms with Crippen molar-refractivity contribution in [3.8, 4) is 0 Å². The summed E-state index contributed by atoms with van der Waals surface area (Å²) in [6.45, 7) is 4.12. The molecule has 0 fully saturated rings. The molecule has 4 heteroatoms. The van der Waals surface area contributed by atoms with Gasteiger partial charge in [-0.25, -0.2) is 0 Å². The summed E-state index contributed by atoms with van der Waals surface area (Å²) in [6, 6.07) is 14.4. The van der Waals surface area contributed by atoms with Crippen molar-refractivity contribution in [2.75, 3.05) is 0 Å². The number of hydrogen-bond donors (Lipinski definition) is 2. The number of nitrogens with one attached hydrogen (secondary N) is 1. The first kappa shape index (κ1) is 17.2. The third kappa shape index (κ3) is 5.83. The van der Waals surface area contributed by atoms with E-state index in [1.165, 1.54) is 11.1 Å².